The van der Waals surface area contributed by atoms with Crippen LogP contribution in [0.1, 0.15) is 34.7 Å². The first-order chi connectivity index (χ1) is 14.5. The summed E-state index contributed by atoms with van der Waals surface area (Å²) in [7, 11) is 1.51. The van der Waals surface area contributed by atoms with Crippen molar-refractivity contribution in [3.8, 4) is 11.5 Å². The van der Waals surface area contributed by atoms with Gasteiger partial charge in [-0.3, -0.25) is 4.79 Å². The second-order valence-electron chi connectivity index (χ2n) is 6.31. The number of hydrogen-bond donors (Lipinski definition) is 1. The van der Waals surface area contributed by atoms with Crippen LogP contribution in [0.15, 0.2) is 59.1 Å². The van der Waals surface area contributed by atoms with E-state index in [0.29, 0.717) is 29.4 Å². The fraction of sp³-hybridized carbons (Fsp3) is 0.227. The number of benzene rings is 2. The van der Waals surface area contributed by atoms with Gasteiger partial charge in [0.2, 0.25) is 6.10 Å². The van der Waals surface area contributed by atoms with Crippen molar-refractivity contribution in [2.45, 2.75) is 20.0 Å². The first-order valence-electron chi connectivity index (χ1n) is 9.32. The fourth-order valence-corrected chi connectivity index (χ4v) is 2.76. The average molecular weight is 410 g/mol. The number of esters is 1. The summed E-state index contributed by atoms with van der Waals surface area (Å²) >= 11 is 0. The number of hydrogen-bond acceptors (Lipinski definition) is 7. The van der Waals surface area contributed by atoms with Crippen LogP contribution >= 0.6 is 0 Å². The Hall–Kier alpha value is -3.81. The molecule has 8 nitrogen and oxygen atoms in total. The highest BCUT2D eigenvalue weighted by Gasteiger charge is 2.27. The van der Waals surface area contributed by atoms with Gasteiger partial charge in [0, 0.05) is 11.6 Å². The molecule has 1 amide bonds. The zero-order chi connectivity index (χ0) is 21.5. The minimum atomic E-state index is -1.19. The molecule has 0 radical (unpaired) electrons. The maximum atomic E-state index is 12.8. The van der Waals surface area contributed by atoms with E-state index in [-0.39, 0.29) is 11.4 Å². The van der Waals surface area contributed by atoms with E-state index in [2.05, 4.69) is 10.5 Å². The summed E-state index contributed by atoms with van der Waals surface area (Å²) in [5.41, 5.74) is 0.743. The molecular weight excluding hydrogens is 388 g/mol. The third kappa shape index (κ3) is 4.96. The number of rotatable bonds is 8. The highest BCUT2D eigenvalue weighted by Crippen LogP contribution is 2.29. The zero-order valence-corrected chi connectivity index (χ0v) is 16.9. The molecule has 8 heteroatoms. The van der Waals surface area contributed by atoms with E-state index in [1.165, 1.54) is 13.2 Å². The summed E-state index contributed by atoms with van der Waals surface area (Å²) in [5, 5.41) is 6.34. The van der Waals surface area contributed by atoms with Crippen molar-refractivity contribution in [3.05, 3.63) is 71.5 Å². The van der Waals surface area contributed by atoms with Gasteiger partial charge in [-0.1, -0.05) is 35.5 Å². The van der Waals surface area contributed by atoms with Gasteiger partial charge in [-0.05, 0) is 32.0 Å². The fourth-order valence-electron chi connectivity index (χ4n) is 2.76. The Bertz CT molecular complexity index is 1020. The van der Waals surface area contributed by atoms with Gasteiger partial charge >= 0.3 is 5.97 Å². The predicted octanol–water partition coefficient (Wildman–Crippen LogP) is 3.93. The Morgan fingerprint density at radius 3 is 2.50 bits per heavy atom. The van der Waals surface area contributed by atoms with Crippen LogP contribution in [0.4, 0.5) is 5.82 Å². The lowest BCUT2D eigenvalue weighted by atomic mass is 10.1. The molecular formula is C22H22N2O6. The van der Waals surface area contributed by atoms with Gasteiger partial charge in [0.05, 0.1) is 19.3 Å². The van der Waals surface area contributed by atoms with Crippen molar-refractivity contribution in [3.63, 3.8) is 0 Å². The SMILES string of the molecule is CCOc1cc(C(=O)OC(C(=O)Nc2cc(C)on2)c2ccccc2)ccc1OC. The summed E-state index contributed by atoms with van der Waals surface area (Å²) in [5.74, 6) is 0.443. The lowest BCUT2D eigenvalue weighted by Gasteiger charge is -2.18. The van der Waals surface area contributed by atoms with Crippen LogP contribution < -0.4 is 14.8 Å². The molecule has 0 fully saturated rings. The minimum absolute atomic E-state index is 0.227. The van der Waals surface area contributed by atoms with Gasteiger partial charge in [0.15, 0.2) is 17.3 Å². The molecule has 3 rings (SSSR count). The van der Waals surface area contributed by atoms with Crippen LogP contribution in [0.5, 0.6) is 11.5 Å². The van der Waals surface area contributed by atoms with Crippen molar-refractivity contribution in [2.75, 3.05) is 19.0 Å². The number of ether oxygens (including phenoxy) is 3. The second kappa shape index (κ2) is 9.60. The first-order valence-corrected chi connectivity index (χ1v) is 9.32. The molecule has 1 atom stereocenters. The van der Waals surface area contributed by atoms with Gasteiger partial charge in [0.25, 0.3) is 5.91 Å². The molecule has 0 aliphatic heterocycles. The molecule has 0 aliphatic rings. The second-order valence-corrected chi connectivity index (χ2v) is 6.31. The number of anilines is 1. The number of carbonyl (C=O) groups excluding carboxylic acids is 2. The highest BCUT2D eigenvalue weighted by atomic mass is 16.5. The Morgan fingerprint density at radius 1 is 1.10 bits per heavy atom. The molecule has 0 aliphatic carbocycles. The first kappa shape index (κ1) is 20.9. The lowest BCUT2D eigenvalue weighted by molar-refractivity contribution is -0.125. The molecule has 1 N–H and O–H groups in total. The average Bonchev–Trinajstić information content (AvgIpc) is 3.17. The van der Waals surface area contributed by atoms with Gasteiger partial charge in [-0.2, -0.15) is 0 Å². The molecule has 0 spiro atoms. The van der Waals surface area contributed by atoms with Crippen LogP contribution in [0.2, 0.25) is 0 Å². The maximum Gasteiger partial charge on any atom is 0.339 e. The standard InChI is InChI=1S/C22H22N2O6/c1-4-28-18-13-16(10-11-17(18)27-3)22(26)29-20(15-8-6-5-7-9-15)21(25)23-19-12-14(2)30-24-19/h5-13,20H,4H2,1-3H3,(H,23,24,25). The maximum absolute atomic E-state index is 12.8. The van der Waals surface area contributed by atoms with Gasteiger partial charge < -0.3 is 24.1 Å². The Morgan fingerprint density at radius 2 is 1.87 bits per heavy atom. The van der Waals surface area contributed by atoms with E-state index in [4.69, 9.17) is 18.7 Å². The lowest BCUT2D eigenvalue weighted by Crippen LogP contribution is -2.26. The summed E-state index contributed by atoms with van der Waals surface area (Å²) in [6.07, 6.45) is -1.19. The molecule has 1 aromatic heterocycles. The molecule has 3 aromatic rings. The Labute approximate surface area is 173 Å². The van der Waals surface area contributed by atoms with Crippen molar-refractivity contribution in [1.29, 1.82) is 0 Å². The summed E-state index contributed by atoms with van der Waals surface area (Å²) < 4.78 is 21.3. The van der Waals surface area contributed by atoms with Crippen molar-refractivity contribution in [2.24, 2.45) is 0 Å². The third-order valence-electron chi connectivity index (χ3n) is 4.14. The van der Waals surface area contributed by atoms with Gasteiger partial charge in [0.1, 0.15) is 5.76 Å². The van der Waals surface area contributed by atoms with E-state index in [1.54, 1.807) is 55.5 Å². The van der Waals surface area contributed by atoms with Crippen molar-refractivity contribution >= 4 is 17.7 Å². The Kier molecular flexibility index (Phi) is 6.69. The highest BCUT2D eigenvalue weighted by molar-refractivity contribution is 5.97. The monoisotopic (exact) mass is 410 g/mol. The molecule has 30 heavy (non-hydrogen) atoms. The minimum Gasteiger partial charge on any atom is -0.493 e. The number of carbonyl (C=O) groups is 2. The molecule has 0 bridgehead atoms. The molecule has 1 heterocycles. The van der Waals surface area contributed by atoms with Crippen LogP contribution in [-0.2, 0) is 9.53 Å². The quantitative estimate of drug-likeness (QED) is 0.562. The molecule has 1 unspecified atom stereocenters. The van der Waals surface area contributed by atoms with E-state index in [9.17, 15) is 9.59 Å². The normalized spacial score (nSPS) is 11.4. The van der Waals surface area contributed by atoms with E-state index in [1.807, 2.05) is 6.92 Å². The van der Waals surface area contributed by atoms with E-state index >= 15 is 0 Å². The van der Waals surface area contributed by atoms with Crippen molar-refractivity contribution < 1.29 is 28.3 Å². The summed E-state index contributed by atoms with van der Waals surface area (Å²) in [6.45, 7) is 3.93. The number of nitrogens with one attached hydrogen (secondary N) is 1. The zero-order valence-electron chi connectivity index (χ0n) is 16.9. The Balaban J connectivity index is 1.84. The predicted molar refractivity (Wildman–Crippen MR) is 109 cm³/mol. The van der Waals surface area contributed by atoms with Crippen LogP contribution in [-0.4, -0.2) is 30.7 Å². The number of aromatic nitrogens is 1. The molecule has 2 aromatic carbocycles. The topological polar surface area (TPSA) is 99.9 Å². The van der Waals surface area contributed by atoms with Gasteiger partial charge in [-0.25, -0.2) is 4.79 Å². The third-order valence-corrected chi connectivity index (χ3v) is 4.14. The van der Waals surface area contributed by atoms with E-state index in [0.717, 1.165) is 0 Å². The molecule has 156 valence electrons. The molecule has 0 saturated heterocycles. The summed E-state index contributed by atoms with van der Waals surface area (Å²) in [4.78, 5) is 25.7. The van der Waals surface area contributed by atoms with E-state index < -0.39 is 18.0 Å². The number of methoxy groups -OCH3 is 1. The smallest absolute Gasteiger partial charge is 0.339 e. The molecule has 0 saturated carbocycles. The number of nitrogens with zero attached hydrogens (tertiary/aromatic N) is 1. The van der Waals surface area contributed by atoms with Crippen LogP contribution in [0.3, 0.4) is 0 Å². The van der Waals surface area contributed by atoms with Crippen LogP contribution in [0.25, 0.3) is 0 Å². The summed E-state index contributed by atoms with van der Waals surface area (Å²) in [6, 6.07) is 15.0. The number of amides is 1. The number of aryl methyl sites for hydroxylation is 1. The van der Waals surface area contributed by atoms with Crippen molar-refractivity contribution in [1.82, 2.24) is 5.16 Å². The largest absolute Gasteiger partial charge is 0.493 e. The van der Waals surface area contributed by atoms with Gasteiger partial charge in [-0.15, -0.1) is 0 Å². The van der Waals surface area contributed by atoms with Crippen LogP contribution in [0, 0.1) is 6.92 Å².